The van der Waals surface area contributed by atoms with Crippen LogP contribution in [0.5, 0.6) is 0 Å². The van der Waals surface area contributed by atoms with Crippen LogP contribution in [0.4, 0.5) is 11.4 Å². The molecule has 0 radical (unpaired) electrons. The average Bonchev–Trinajstić information content (AvgIpc) is 2.54. The minimum absolute atomic E-state index is 0.00874. The first kappa shape index (κ1) is 16.5. The number of benzene rings is 2. The highest BCUT2D eigenvalue weighted by molar-refractivity contribution is 7.92. The van der Waals surface area contributed by atoms with Crippen LogP contribution in [0, 0.1) is 28.4 Å². The van der Waals surface area contributed by atoms with Gasteiger partial charge in [-0.05, 0) is 30.7 Å². The van der Waals surface area contributed by atoms with Gasteiger partial charge in [-0.1, -0.05) is 12.1 Å². The van der Waals surface area contributed by atoms with Crippen molar-refractivity contribution in [3.05, 3.63) is 63.7 Å². The van der Waals surface area contributed by atoms with Crippen LogP contribution in [-0.4, -0.2) is 20.4 Å². The first-order valence-corrected chi connectivity index (χ1v) is 7.95. The van der Waals surface area contributed by atoms with Crippen LogP contribution in [0.3, 0.4) is 0 Å². The molecule has 0 aliphatic rings. The molecule has 0 heterocycles. The SMILES string of the molecule is Cc1ccc(C#N)cc1S(=O)(=O)N(C)c1cccc([N+](=O)[O-])c1. The third-order valence-electron chi connectivity index (χ3n) is 3.36. The molecule has 0 aliphatic carbocycles. The third kappa shape index (κ3) is 3.14. The van der Waals surface area contributed by atoms with Crippen molar-refractivity contribution in [2.75, 3.05) is 11.4 Å². The normalized spacial score (nSPS) is 10.8. The molecule has 118 valence electrons. The Balaban J connectivity index is 2.54. The summed E-state index contributed by atoms with van der Waals surface area (Å²) < 4.78 is 26.5. The smallest absolute Gasteiger partial charge is 0.269 e. The van der Waals surface area contributed by atoms with Crippen LogP contribution in [0.1, 0.15) is 11.1 Å². The van der Waals surface area contributed by atoms with Gasteiger partial charge in [0.25, 0.3) is 15.7 Å². The van der Waals surface area contributed by atoms with Crippen LogP contribution in [0.2, 0.25) is 0 Å². The second-order valence-electron chi connectivity index (χ2n) is 4.84. The zero-order chi connectivity index (χ0) is 17.2. The van der Waals surface area contributed by atoms with E-state index in [0.717, 1.165) is 4.31 Å². The van der Waals surface area contributed by atoms with Gasteiger partial charge < -0.3 is 0 Å². The van der Waals surface area contributed by atoms with Gasteiger partial charge in [-0.3, -0.25) is 14.4 Å². The Morgan fingerprint density at radius 3 is 2.52 bits per heavy atom. The molecule has 23 heavy (non-hydrogen) atoms. The molecular weight excluding hydrogens is 318 g/mol. The number of hydrogen-bond donors (Lipinski definition) is 0. The molecule has 2 rings (SSSR count). The fourth-order valence-corrected chi connectivity index (χ4v) is 3.47. The zero-order valence-electron chi connectivity index (χ0n) is 12.4. The van der Waals surface area contributed by atoms with Crippen molar-refractivity contribution in [3.8, 4) is 6.07 Å². The number of nitro groups is 1. The number of sulfonamides is 1. The van der Waals surface area contributed by atoms with Gasteiger partial charge in [-0.2, -0.15) is 5.26 Å². The number of nitro benzene ring substituents is 1. The van der Waals surface area contributed by atoms with Crippen LogP contribution in [0.25, 0.3) is 0 Å². The van der Waals surface area contributed by atoms with Crippen LogP contribution < -0.4 is 4.31 Å². The second kappa shape index (κ2) is 6.06. The van der Waals surface area contributed by atoms with Crippen molar-refractivity contribution in [3.63, 3.8) is 0 Å². The average molecular weight is 331 g/mol. The summed E-state index contributed by atoms with van der Waals surface area (Å²) in [4.78, 5) is 10.2. The molecular formula is C15H13N3O4S. The van der Waals surface area contributed by atoms with E-state index in [2.05, 4.69) is 0 Å². The molecule has 0 saturated carbocycles. The molecule has 0 bridgehead atoms. The molecule has 0 N–H and O–H groups in total. The molecule has 0 aliphatic heterocycles. The fraction of sp³-hybridized carbons (Fsp3) is 0.133. The van der Waals surface area contributed by atoms with Gasteiger partial charge in [0.15, 0.2) is 0 Å². The maximum absolute atomic E-state index is 12.7. The monoisotopic (exact) mass is 331 g/mol. The lowest BCUT2D eigenvalue weighted by Gasteiger charge is -2.20. The van der Waals surface area contributed by atoms with E-state index in [1.807, 2.05) is 6.07 Å². The van der Waals surface area contributed by atoms with Crippen molar-refractivity contribution in [2.24, 2.45) is 0 Å². The van der Waals surface area contributed by atoms with E-state index >= 15 is 0 Å². The minimum atomic E-state index is -3.94. The molecule has 2 aromatic rings. The molecule has 0 amide bonds. The van der Waals surface area contributed by atoms with Gasteiger partial charge >= 0.3 is 0 Å². The largest absolute Gasteiger partial charge is 0.271 e. The van der Waals surface area contributed by atoms with Crippen molar-refractivity contribution in [1.29, 1.82) is 5.26 Å². The molecule has 2 aromatic carbocycles. The van der Waals surface area contributed by atoms with E-state index in [-0.39, 0.29) is 21.8 Å². The highest BCUT2D eigenvalue weighted by Gasteiger charge is 2.24. The molecule has 0 spiro atoms. The van der Waals surface area contributed by atoms with Crippen molar-refractivity contribution >= 4 is 21.4 Å². The van der Waals surface area contributed by atoms with Crippen molar-refractivity contribution < 1.29 is 13.3 Å². The van der Waals surface area contributed by atoms with E-state index in [1.54, 1.807) is 13.0 Å². The third-order valence-corrected chi connectivity index (χ3v) is 5.29. The summed E-state index contributed by atoms with van der Waals surface area (Å²) in [6.45, 7) is 1.62. The number of nitrogens with zero attached hydrogens (tertiary/aromatic N) is 3. The maximum atomic E-state index is 12.7. The molecule has 0 saturated heterocycles. The van der Waals surface area contributed by atoms with E-state index in [1.165, 1.54) is 43.4 Å². The minimum Gasteiger partial charge on any atom is -0.269 e. The van der Waals surface area contributed by atoms with E-state index in [0.29, 0.717) is 5.56 Å². The van der Waals surface area contributed by atoms with Crippen LogP contribution >= 0.6 is 0 Å². The molecule has 7 nitrogen and oxygen atoms in total. The topological polar surface area (TPSA) is 104 Å². The molecule has 0 fully saturated rings. The number of non-ortho nitro benzene ring substituents is 1. The van der Waals surface area contributed by atoms with Gasteiger partial charge in [0.05, 0.1) is 27.1 Å². The summed E-state index contributed by atoms with van der Waals surface area (Å²) in [5.41, 5.74) is 0.677. The maximum Gasteiger partial charge on any atom is 0.271 e. The first-order valence-electron chi connectivity index (χ1n) is 6.51. The van der Waals surface area contributed by atoms with Crippen molar-refractivity contribution in [1.82, 2.24) is 0 Å². The predicted octanol–water partition coefficient (Wildman–Crippen LogP) is 2.60. The summed E-state index contributed by atoms with van der Waals surface area (Å²) >= 11 is 0. The summed E-state index contributed by atoms with van der Waals surface area (Å²) in [7, 11) is -2.63. The Labute approximate surface area is 133 Å². The molecule has 0 aromatic heterocycles. The fourth-order valence-electron chi connectivity index (χ4n) is 2.04. The first-order chi connectivity index (χ1) is 10.8. The summed E-state index contributed by atoms with van der Waals surface area (Å²) in [6, 6.07) is 11.6. The van der Waals surface area contributed by atoms with Crippen LogP contribution in [0.15, 0.2) is 47.4 Å². The number of nitriles is 1. The second-order valence-corrected chi connectivity index (χ2v) is 6.78. The molecule has 0 atom stereocenters. The zero-order valence-corrected chi connectivity index (χ0v) is 13.2. The highest BCUT2D eigenvalue weighted by atomic mass is 32.2. The van der Waals surface area contributed by atoms with Gasteiger partial charge in [-0.15, -0.1) is 0 Å². The lowest BCUT2D eigenvalue weighted by atomic mass is 10.2. The quantitative estimate of drug-likeness (QED) is 0.632. The van der Waals surface area contributed by atoms with Gasteiger partial charge in [0.1, 0.15) is 0 Å². The summed E-state index contributed by atoms with van der Waals surface area (Å²) in [5, 5.41) is 19.8. The number of anilines is 1. The summed E-state index contributed by atoms with van der Waals surface area (Å²) in [5.74, 6) is 0. The highest BCUT2D eigenvalue weighted by Crippen LogP contribution is 2.27. The van der Waals surface area contributed by atoms with Crippen molar-refractivity contribution in [2.45, 2.75) is 11.8 Å². The molecule has 8 heteroatoms. The van der Waals surface area contributed by atoms with E-state index < -0.39 is 14.9 Å². The Morgan fingerprint density at radius 2 is 1.91 bits per heavy atom. The Hall–Kier alpha value is -2.92. The number of hydrogen-bond acceptors (Lipinski definition) is 5. The number of aryl methyl sites for hydroxylation is 1. The Kier molecular flexibility index (Phi) is 4.33. The van der Waals surface area contributed by atoms with Gasteiger partial charge in [0.2, 0.25) is 0 Å². The standard InChI is InChI=1S/C15H13N3O4S/c1-11-6-7-12(10-16)8-15(11)23(21,22)17(2)13-4-3-5-14(9-13)18(19)20/h3-9H,1-2H3. The van der Waals surface area contributed by atoms with Crippen LogP contribution in [-0.2, 0) is 10.0 Å². The van der Waals surface area contributed by atoms with Gasteiger partial charge in [0, 0.05) is 19.2 Å². The lowest BCUT2D eigenvalue weighted by molar-refractivity contribution is -0.384. The number of rotatable bonds is 4. The Bertz CT molecular complexity index is 917. The lowest BCUT2D eigenvalue weighted by Crippen LogP contribution is -2.27. The van der Waals surface area contributed by atoms with Gasteiger partial charge in [-0.25, -0.2) is 8.42 Å². The van der Waals surface area contributed by atoms with E-state index in [4.69, 9.17) is 5.26 Å². The summed E-state index contributed by atoms with van der Waals surface area (Å²) in [6.07, 6.45) is 0. The molecule has 0 unspecified atom stereocenters. The Morgan fingerprint density at radius 1 is 1.22 bits per heavy atom. The van der Waals surface area contributed by atoms with E-state index in [9.17, 15) is 18.5 Å². The predicted molar refractivity (Wildman–Crippen MR) is 84.6 cm³/mol.